The molecule has 1 N–H and O–H groups in total. The summed E-state index contributed by atoms with van der Waals surface area (Å²) in [6, 6.07) is 0. The Morgan fingerprint density at radius 2 is 2.07 bits per heavy atom. The molecule has 0 aliphatic carbocycles. The largest absolute Gasteiger partial charge is 0.476 e. The van der Waals surface area contributed by atoms with Gasteiger partial charge in [-0.15, -0.1) is 0 Å². The van der Waals surface area contributed by atoms with E-state index in [1.165, 1.54) is 0 Å². The van der Waals surface area contributed by atoms with E-state index in [0.717, 1.165) is 7.05 Å². The van der Waals surface area contributed by atoms with E-state index in [1.807, 2.05) is 0 Å². The van der Waals surface area contributed by atoms with Crippen molar-refractivity contribution in [1.82, 2.24) is 9.78 Å². The van der Waals surface area contributed by atoms with Crippen molar-refractivity contribution in [2.75, 3.05) is 0 Å². The molecule has 0 spiro atoms. The molecule has 1 aromatic heterocycles. The number of aromatic carboxylic acids is 1. The highest BCUT2D eigenvalue weighted by Gasteiger charge is 2.39. The number of hydrogen-bond acceptors (Lipinski definition) is 2. The monoisotopic (exact) mass is 272 g/mol. The Kier molecular flexibility index (Phi) is 2.57. The van der Waals surface area contributed by atoms with E-state index in [9.17, 15) is 18.0 Å². The standard InChI is InChI=1S/C6H4BrF3N2O2/c1-12-3(5(13)14)2(7)4(11-12)6(8,9)10/h1H3,(H,13,14). The van der Waals surface area contributed by atoms with Crippen molar-refractivity contribution in [3.05, 3.63) is 15.9 Å². The van der Waals surface area contributed by atoms with Gasteiger partial charge in [-0.2, -0.15) is 18.3 Å². The maximum absolute atomic E-state index is 12.2. The summed E-state index contributed by atoms with van der Waals surface area (Å²) in [7, 11) is 1.13. The number of alkyl halides is 3. The van der Waals surface area contributed by atoms with Crippen molar-refractivity contribution < 1.29 is 23.1 Å². The molecule has 0 saturated carbocycles. The molecule has 1 rings (SSSR count). The van der Waals surface area contributed by atoms with E-state index >= 15 is 0 Å². The van der Waals surface area contributed by atoms with Gasteiger partial charge in [0.2, 0.25) is 0 Å². The van der Waals surface area contributed by atoms with Gasteiger partial charge in [0.15, 0.2) is 11.4 Å². The highest BCUT2D eigenvalue weighted by molar-refractivity contribution is 9.10. The fourth-order valence-corrected chi connectivity index (χ4v) is 1.64. The zero-order valence-electron chi connectivity index (χ0n) is 6.76. The van der Waals surface area contributed by atoms with Gasteiger partial charge in [-0.25, -0.2) is 4.79 Å². The van der Waals surface area contributed by atoms with Crippen LogP contribution >= 0.6 is 15.9 Å². The van der Waals surface area contributed by atoms with Gasteiger partial charge in [0.05, 0.1) is 4.47 Å². The average Bonchev–Trinajstić information content (AvgIpc) is 2.24. The van der Waals surface area contributed by atoms with Gasteiger partial charge in [0, 0.05) is 7.05 Å². The third-order valence-electron chi connectivity index (χ3n) is 1.46. The van der Waals surface area contributed by atoms with Crippen molar-refractivity contribution in [1.29, 1.82) is 0 Å². The number of carboxylic acid groups (broad SMARTS) is 1. The second-order valence-corrected chi connectivity index (χ2v) is 3.23. The Bertz CT molecular complexity index is 385. The van der Waals surface area contributed by atoms with E-state index in [-0.39, 0.29) is 0 Å². The van der Waals surface area contributed by atoms with Crippen LogP contribution in [0, 0.1) is 0 Å². The van der Waals surface area contributed by atoms with Crippen molar-refractivity contribution in [3.63, 3.8) is 0 Å². The summed E-state index contributed by atoms with van der Waals surface area (Å²) in [4.78, 5) is 10.5. The summed E-state index contributed by atoms with van der Waals surface area (Å²) in [6.07, 6.45) is -4.66. The molecular formula is C6H4BrF3N2O2. The first kappa shape index (κ1) is 11.0. The van der Waals surface area contributed by atoms with Crippen molar-refractivity contribution >= 4 is 21.9 Å². The van der Waals surface area contributed by atoms with Crippen LogP contribution in [0.4, 0.5) is 13.2 Å². The lowest BCUT2D eigenvalue weighted by Crippen LogP contribution is -2.07. The Hall–Kier alpha value is -1.05. The number of aromatic nitrogens is 2. The number of carbonyl (C=O) groups is 1. The molecule has 0 radical (unpaired) electrons. The number of aryl methyl sites for hydroxylation is 1. The first-order chi connectivity index (χ1) is 6.25. The molecule has 0 aromatic carbocycles. The van der Waals surface area contributed by atoms with Crippen LogP contribution in [0.3, 0.4) is 0 Å². The molecule has 0 aliphatic rings. The number of hydrogen-bond donors (Lipinski definition) is 1. The molecule has 0 saturated heterocycles. The van der Waals surface area contributed by atoms with Crippen LogP contribution in [-0.4, -0.2) is 20.9 Å². The molecule has 0 aliphatic heterocycles. The first-order valence-corrected chi connectivity index (χ1v) is 4.07. The number of carboxylic acids is 1. The Labute approximate surface area is 84.5 Å². The zero-order chi connectivity index (χ0) is 11.1. The Balaban J connectivity index is 3.39. The van der Waals surface area contributed by atoms with E-state index in [4.69, 9.17) is 5.11 Å². The molecule has 0 unspecified atom stereocenters. The van der Waals surface area contributed by atoms with Crippen molar-refractivity contribution in [2.45, 2.75) is 6.18 Å². The maximum Gasteiger partial charge on any atom is 0.436 e. The van der Waals surface area contributed by atoms with Gasteiger partial charge in [-0.05, 0) is 15.9 Å². The number of rotatable bonds is 1. The second kappa shape index (κ2) is 3.26. The molecule has 0 atom stereocenters. The molecule has 0 bridgehead atoms. The molecule has 14 heavy (non-hydrogen) atoms. The third kappa shape index (κ3) is 1.74. The van der Waals surface area contributed by atoms with Crippen LogP contribution in [0.25, 0.3) is 0 Å². The van der Waals surface area contributed by atoms with Gasteiger partial charge < -0.3 is 5.11 Å². The summed E-state index contributed by atoms with van der Waals surface area (Å²) in [6.45, 7) is 0. The maximum atomic E-state index is 12.2. The predicted octanol–water partition coefficient (Wildman–Crippen LogP) is 1.90. The van der Waals surface area contributed by atoms with E-state index < -0.39 is 28.0 Å². The minimum atomic E-state index is -4.66. The molecule has 1 aromatic rings. The fraction of sp³-hybridized carbons (Fsp3) is 0.333. The zero-order valence-corrected chi connectivity index (χ0v) is 8.35. The van der Waals surface area contributed by atoms with E-state index in [1.54, 1.807) is 0 Å². The lowest BCUT2D eigenvalue weighted by molar-refractivity contribution is -0.142. The first-order valence-electron chi connectivity index (χ1n) is 3.28. The van der Waals surface area contributed by atoms with Gasteiger partial charge in [0.1, 0.15) is 0 Å². The Morgan fingerprint density at radius 1 is 1.57 bits per heavy atom. The van der Waals surface area contributed by atoms with Crippen LogP contribution in [-0.2, 0) is 13.2 Å². The molecule has 1 heterocycles. The highest BCUT2D eigenvalue weighted by Crippen LogP contribution is 2.35. The molecule has 0 fully saturated rings. The SMILES string of the molecule is Cn1nc(C(F)(F)F)c(Br)c1C(=O)O. The fourth-order valence-electron chi connectivity index (χ4n) is 0.912. The summed E-state index contributed by atoms with van der Waals surface area (Å²) in [5, 5.41) is 11.6. The van der Waals surface area contributed by atoms with Gasteiger partial charge in [-0.1, -0.05) is 0 Å². The van der Waals surface area contributed by atoms with Gasteiger partial charge in [0.25, 0.3) is 0 Å². The average molecular weight is 273 g/mol. The quantitative estimate of drug-likeness (QED) is 0.850. The summed E-state index contributed by atoms with van der Waals surface area (Å²) in [5.74, 6) is -1.47. The summed E-state index contributed by atoms with van der Waals surface area (Å²) in [5.41, 5.74) is -1.77. The highest BCUT2D eigenvalue weighted by atomic mass is 79.9. The van der Waals surface area contributed by atoms with Crippen LogP contribution < -0.4 is 0 Å². The third-order valence-corrected chi connectivity index (χ3v) is 2.21. The van der Waals surface area contributed by atoms with Crippen molar-refractivity contribution in [2.24, 2.45) is 7.05 Å². The molecule has 0 amide bonds. The summed E-state index contributed by atoms with van der Waals surface area (Å²) >= 11 is 2.55. The number of nitrogens with zero attached hydrogens (tertiary/aromatic N) is 2. The Morgan fingerprint density at radius 3 is 2.29 bits per heavy atom. The van der Waals surface area contributed by atoms with Crippen molar-refractivity contribution in [3.8, 4) is 0 Å². The van der Waals surface area contributed by atoms with Crippen LogP contribution in [0.1, 0.15) is 16.2 Å². The van der Waals surface area contributed by atoms with Gasteiger partial charge >= 0.3 is 12.1 Å². The molecule has 4 nitrogen and oxygen atoms in total. The van der Waals surface area contributed by atoms with Crippen LogP contribution in [0.5, 0.6) is 0 Å². The van der Waals surface area contributed by atoms with Crippen LogP contribution in [0.2, 0.25) is 0 Å². The smallest absolute Gasteiger partial charge is 0.436 e. The van der Waals surface area contributed by atoms with Crippen LogP contribution in [0.15, 0.2) is 4.47 Å². The minimum Gasteiger partial charge on any atom is -0.476 e. The van der Waals surface area contributed by atoms with E-state index in [0.29, 0.717) is 4.68 Å². The molecular weight excluding hydrogens is 269 g/mol. The lowest BCUT2D eigenvalue weighted by Gasteiger charge is -2.01. The van der Waals surface area contributed by atoms with E-state index in [2.05, 4.69) is 21.0 Å². The predicted molar refractivity (Wildman–Crippen MR) is 42.9 cm³/mol. The molecule has 8 heteroatoms. The van der Waals surface area contributed by atoms with Gasteiger partial charge in [-0.3, -0.25) is 4.68 Å². The normalized spacial score (nSPS) is 11.8. The topological polar surface area (TPSA) is 55.1 Å². The minimum absolute atomic E-state index is 0.530. The second-order valence-electron chi connectivity index (χ2n) is 2.44. The molecule has 78 valence electrons. The summed E-state index contributed by atoms with van der Waals surface area (Å²) < 4.78 is 36.7. The lowest BCUT2D eigenvalue weighted by atomic mass is 10.3. The number of halogens is 4.